The van der Waals surface area contributed by atoms with E-state index >= 15 is 0 Å². The molecule has 0 bridgehead atoms. The Kier molecular flexibility index (Phi) is 7.06. The smallest absolute Gasteiger partial charge is 0.0195 e. The number of rotatable bonds is 7. The van der Waals surface area contributed by atoms with Gasteiger partial charge in [0, 0.05) is 18.6 Å². The summed E-state index contributed by atoms with van der Waals surface area (Å²) in [5, 5.41) is 3.70. The molecule has 0 saturated carbocycles. The molecule has 1 aliphatic rings. The van der Waals surface area contributed by atoms with E-state index in [1.165, 1.54) is 58.2 Å². The van der Waals surface area contributed by atoms with Gasteiger partial charge in [-0.25, -0.2) is 0 Å². The van der Waals surface area contributed by atoms with E-state index in [0.29, 0.717) is 6.04 Å². The summed E-state index contributed by atoms with van der Waals surface area (Å²) < 4.78 is 0. The molecule has 0 spiro atoms. The minimum absolute atomic E-state index is 0.713. The Morgan fingerprint density at radius 2 is 2.06 bits per heavy atom. The fourth-order valence-corrected chi connectivity index (χ4v) is 2.67. The Morgan fingerprint density at radius 3 is 2.69 bits per heavy atom. The first-order valence-electron chi connectivity index (χ1n) is 7.25. The van der Waals surface area contributed by atoms with Crippen LogP contribution in [0.5, 0.6) is 0 Å². The molecule has 0 radical (unpaired) electrons. The lowest BCUT2D eigenvalue weighted by molar-refractivity contribution is 0.142. The Balaban J connectivity index is 2.33. The second-order valence-corrected chi connectivity index (χ2v) is 5.28. The monoisotopic (exact) mass is 226 g/mol. The molecule has 2 heteroatoms. The highest BCUT2D eigenvalue weighted by Crippen LogP contribution is 2.17. The van der Waals surface area contributed by atoms with Crippen molar-refractivity contribution >= 4 is 0 Å². The standard InChI is InChI=1S/C14H30N2/c1-4-8-14(15-10-5-2)12-16-11-7-6-9-13(16)3/h13-15H,4-12H2,1-3H3. The zero-order valence-electron chi connectivity index (χ0n) is 11.5. The molecular weight excluding hydrogens is 196 g/mol. The largest absolute Gasteiger partial charge is 0.313 e. The van der Waals surface area contributed by atoms with E-state index < -0.39 is 0 Å². The van der Waals surface area contributed by atoms with Gasteiger partial charge in [-0.05, 0) is 45.7 Å². The quantitative estimate of drug-likeness (QED) is 0.718. The van der Waals surface area contributed by atoms with Crippen molar-refractivity contribution in [2.75, 3.05) is 19.6 Å². The third kappa shape index (κ3) is 4.84. The van der Waals surface area contributed by atoms with Crippen molar-refractivity contribution < 1.29 is 0 Å². The molecule has 1 fully saturated rings. The highest BCUT2D eigenvalue weighted by molar-refractivity contribution is 4.78. The summed E-state index contributed by atoms with van der Waals surface area (Å²) in [6.45, 7) is 10.7. The molecule has 96 valence electrons. The third-order valence-electron chi connectivity index (χ3n) is 3.72. The number of nitrogens with zero attached hydrogens (tertiary/aromatic N) is 1. The summed E-state index contributed by atoms with van der Waals surface area (Å²) in [6.07, 6.45) is 8.09. The van der Waals surface area contributed by atoms with E-state index in [9.17, 15) is 0 Å². The van der Waals surface area contributed by atoms with E-state index in [-0.39, 0.29) is 0 Å². The molecule has 0 aromatic rings. The second-order valence-electron chi connectivity index (χ2n) is 5.28. The van der Waals surface area contributed by atoms with Crippen LogP contribution < -0.4 is 5.32 Å². The van der Waals surface area contributed by atoms with Crippen LogP contribution in [0.15, 0.2) is 0 Å². The number of hydrogen-bond donors (Lipinski definition) is 1. The van der Waals surface area contributed by atoms with Crippen molar-refractivity contribution in [1.29, 1.82) is 0 Å². The molecule has 2 nitrogen and oxygen atoms in total. The molecule has 1 rings (SSSR count). The van der Waals surface area contributed by atoms with Crippen LogP contribution in [0.25, 0.3) is 0 Å². The van der Waals surface area contributed by atoms with Gasteiger partial charge in [0.2, 0.25) is 0 Å². The predicted molar refractivity (Wildman–Crippen MR) is 71.9 cm³/mol. The van der Waals surface area contributed by atoms with Gasteiger partial charge in [0.15, 0.2) is 0 Å². The van der Waals surface area contributed by atoms with Gasteiger partial charge in [0.05, 0.1) is 0 Å². The minimum Gasteiger partial charge on any atom is -0.313 e. The van der Waals surface area contributed by atoms with E-state index in [1.807, 2.05) is 0 Å². The Labute approximate surface area is 102 Å². The van der Waals surface area contributed by atoms with E-state index in [0.717, 1.165) is 6.04 Å². The highest BCUT2D eigenvalue weighted by atomic mass is 15.2. The van der Waals surface area contributed by atoms with Gasteiger partial charge in [-0.3, -0.25) is 4.90 Å². The van der Waals surface area contributed by atoms with E-state index in [2.05, 4.69) is 31.0 Å². The van der Waals surface area contributed by atoms with Crippen molar-refractivity contribution in [3.8, 4) is 0 Å². The van der Waals surface area contributed by atoms with Crippen molar-refractivity contribution in [2.45, 2.75) is 71.4 Å². The fraction of sp³-hybridized carbons (Fsp3) is 1.00. The van der Waals surface area contributed by atoms with Crippen LogP contribution >= 0.6 is 0 Å². The summed E-state index contributed by atoms with van der Waals surface area (Å²) in [4.78, 5) is 2.69. The number of likely N-dealkylation sites (tertiary alicyclic amines) is 1. The molecule has 2 atom stereocenters. The summed E-state index contributed by atoms with van der Waals surface area (Å²) >= 11 is 0. The lowest BCUT2D eigenvalue weighted by atomic mass is 10.0. The topological polar surface area (TPSA) is 15.3 Å². The first kappa shape index (κ1) is 14.0. The predicted octanol–water partition coefficient (Wildman–Crippen LogP) is 3.03. The van der Waals surface area contributed by atoms with E-state index in [1.54, 1.807) is 0 Å². The molecule has 1 aliphatic heterocycles. The first-order valence-corrected chi connectivity index (χ1v) is 7.25. The summed E-state index contributed by atoms with van der Waals surface area (Å²) in [5.74, 6) is 0. The van der Waals surface area contributed by atoms with Crippen LogP contribution in [0.2, 0.25) is 0 Å². The molecule has 1 saturated heterocycles. The average molecular weight is 226 g/mol. The average Bonchev–Trinajstić information content (AvgIpc) is 2.29. The van der Waals surface area contributed by atoms with Crippen molar-refractivity contribution in [1.82, 2.24) is 10.2 Å². The van der Waals surface area contributed by atoms with E-state index in [4.69, 9.17) is 0 Å². The molecule has 0 aromatic heterocycles. The third-order valence-corrected chi connectivity index (χ3v) is 3.72. The SMILES string of the molecule is CCCNC(CCC)CN1CCCCC1C. The Hall–Kier alpha value is -0.0800. The van der Waals surface area contributed by atoms with Gasteiger partial charge < -0.3 is 5.32 Å². The van der Waals surface area contributed by atoms with Gasteiger partial charge in [-0.15, -0.1) is 0 Å². The molecule has 0 aromatic carbocycles. The normalized spacial score (nSPS) is 24.6. The summed E-state index contributed by atoms with van der Waals surface area (Å²) in [6, 6.07) is 1.52. The van der Waals surface area contributed by atoms with Gasteiger partial charge in [-0.1, -0.05) is 26.7 Å². The van der Waals surface area contributed by atoms with Crippen LogP contribution in [0.1, 0.15) is 59.3 Å². The molecular formula is C14H30N2. The summed E-state index contributed by atoms with van der Waals surface area (Å²) in [5.41, 5.74) is 0. The van der Waals surface area contributed by atoms with Crippen LogP contribution in [-0.2, 0) is 0 Å². The number of piperidine rings is 1. The molecule has 2 unspecified atom stereocenters. The van der Waals surface area contributed by atoms with Gasteiger partial charge in [-0.2, -0.15) is 0 Å². The first-order chi connectivity index (χ1) is 7.77. The lowest BCUT2D eigenvalue weighted by Gasteiger charge is -2.36. The maximum atomic E-state index is 3.70. The Morgan fingerprint density at radius 1 is 1.25 bits per heavy atom. The molecule has 1 N–H and O–H groups in total. The zero-order chi connectivity index (χ0) is 11.8. The highest BCUT2D eigenvalue weighted by Gasteiger charge is 2.20. The zero-order valence-corrected chi connectivity index (χ0v) is 11.5. The van der Waals surface area contributed by atoms with Crippen LogP contribution in [0, 0.1) is 0 Å². The van der Waals surface area contributed by atoms with Crippen molar-refractivity contribution in [3.05, 3.63) is 0 Å². The Bertz CT molecular complexity index is 170. The van der Waals surface area contributed by atoms with Crippen molar-refractivity contribution in [2.24, 2.45) is 0 Å². The maximum absolute atomic E-state index is 3.70. The minimum atomic E-state index is 0.713. The van der Waals surface area contributed by atoms with Crippen molar-refractivity contribution in [3.63, 3.8) is 0 Å². The fourth-order valence-electron chi connectivity index (χ4n) is 2.67. The number of hydrogen-bond acceptors (Lipinski definition) is 2. The van der Waals surface area contributed by atoms with Gasteiger partial charge in [0.25, 0.3) is 0 Å². The van der Waals surface area contributed by atoms with Crippen LogP contribution in [0.4, 0.5) is 0 Å². The molecule has 0 aliphatic carbocycles. The molecule has 1 heterocycles. The number of nitrogens with one attached hydrogen (secondary N) is 1. The lowest BCUT2D eigenvalue weighted by Crippen LogP contribution is -2.46. The molecule has 0 amide bonds. The van der Waals surface area contributed by atoms with Gasteiger partial charge in [0.1, 0.15) is 0 Å². The van der Waals surface area contributed by atoms with Crippen LogP contribution in [0.3, 0.4) is 0 Å². The molecule has 16 heavy (non-hydrogen) atoms. The van der Waals surface area contributed by atoms with Crippen LogP contribution in [-0.4, -0.2) is 36.6 Å². The summed E-state index contributed by atoms with van der Waals surface area (Å²) in [7, 11) is 0. The van der Waals surface area contributed by atoms with Gasteiger partial charge >= 0.3 is 0 Å². The maximum Gasteiger partial charge on any atom is 0.0195 e. The second kappa shape index (κ2) is 8.08.